The molecule has 1 heterocycles. The summed E-state index contributed by atoms with van der Waals surface area (Å²) in [5.74, 6) is -0.353. The lowest BCUT2D eigenvalue weighted by molar-refractivity contribution is -0.122. The highest BCUT2D eigenvalue weighted by molar-refractivity contribution is 6.31. The molecule has 0 aromatic heterocycles. The molecule has 148 valence electrons. The van der Waals surface area contributed by atoms with Gasteiger partial charge in [-0.05, 0) is 23.8 Å². The molecule has 1 fully saturated rings. The monoisotopic (exact) mass is 402 g/mol. The fourth-order valence-corrected chi connectivity index (χ4v) is 3.22. The fraction of sp³-hybridized carbons (Fsp3) is 0.300. The van der Waals surface area contributed by atoms with Gasteiger partial charge in [0.05, 0.1) is 12.8 Å². The first-order valence-corrected chi connectivity index (χ1v) is 9.41. The largest absolute Gasteiger partial charge is 0.508 e. The van der Waals surface area contributed by atoms with E-state index in [0.29, 0.717) is 5.56 Å². The first kappa shape index (κ1) is 20.1. The van der Waals surface area contributed by atoms with Gasteiger partial charge in [0.2, 0.25) is 0 Å². The van der Waals surface area contributed by atoms with Gasteiger partial charge in [-0.15, -0.1) is 0 Å². The van der Waals surface area contributed by atoms with Gasteiger partial charge < -0.3 is 10.2 Å². The van der Waals surface area contributed by atoms with Gasteiger partial charge in [0, 0.05) is 49.4 Å². The maximum atomic E-state index is 12.1. The minimum absolute atomic E-state index is 0.0348. The number of piperazine rings is 1. The van der Waals surface area contributed by atoms with E-state index < -0.39 is 0 Å². The zero-order chi connectivity index (χ0) is 19.9. The zero-order valence-electron chi connectivity index (χ0n) is 15.4. The smallest absolute Gasteiger partial charge is 0.254 e. The molecule has 0 aliphatic carbocycles. The van der Waals surface area contributed by atoms with Crippen LogP contribution in [0.15, 0.2) is 47.6 Å². The summed E-state index contributed by atoms with van der Waals surface area (Å²) in [6, 6.07) is 12.0. The Bertz CT molecular complexity index is 851. The Balaban J connectivity index is 1.41. The molecule has 3 rings (SSSR count). The summed E-state index contributed by atoms with van der Waals surface area (Å²) in [5.41, 5.74) is 3.98. The SMILES string of the molecule is O=C(CN1CCN(Cc2ccccc2Cl)CC1)N/N=C\c1ccc(O)cc1O. The predicted octanol–water partition coefficient (Wildman–Crippen LogP) is 2.02. The van der Waals surface area contributed by atoms with Crippen LogP contribution in [0.5, 0.6) is 11.5 Å². The third-order valence-electron chi connectivity index (χ3n) is 4.59. The van der Waals surface area contributed by atoms with Gasteiger partial charge in [0.1, 0.15) is 11.5 Å². The number of hydrogen-bond donors (Lipinski definition) is 3. The highest BCUT2D eigenvalue weighted by atomic mass is 35.5. The van der Waals surface area contributed by atoms with E-state index in [0.717, 1.165) is 43.3 Å². The number of rotatable bonds is 6. The summed E-state index contributed by atoms with van der Waals surface area (Å²) in [7, 11) is 0. The van der Waals surface area contributed by atoms with Crippen molar-refractivity contribution >= 4 is 23.7 Å². The number of amides is 1. The molecule has 1 saturated heterocycles. The molecule has 0 radical (unpaired) electrons. The zero-order valence-corrected chi connectivity index (χ0v) is 16.1. The average Bonchev–Trinajstić information content (AvgIpc) is 2.67. The van der Waals surface area contributed by atoms with Crippen LogP contribution in [-0.2, 0) is 11.3 Å². The van der Waals surface area contributed by atoms with Crippen LogP contribution >= 0.6 is 11.6 Å². The molecule has 0 bridgehead atoms. The second-order valence-electron chi connectivity index (χ2n) is 6.68. The summed E-state index contributed by atoms with van der Waals surface area (Å²) in [6.45, 7) is 4.38. The van der Waals surface area contributed by atoms with Crippen LogP contribution in [0.3, 0.4) is 0 Å². The topological polar surface area (TPSA) is 88.4 Å². The van der Waals surface area contributed by atoms with Gasteiger partial charge >= 0.3 is 0 Å². The van der Waals surface area contributed by atoms with Gasteiger partial charge in [-0.25, -0.2) is 5.43 Å². The normalized spacial score (nSPS) is 15.8. The van der Waals surface area contributed by atoms with Crippen molar-refractivity contribution < 1.29 is 15.0 Å². The number of nitrogens with zero attached hydrogens (tertiary/aromatic N) is 3. The lowest BCUT2D eigenvalue weighted by Crippen LogP contribution is -2.48. The molecular formula is C20H23ClN4O3. The number of nitrogens with one attached hydrogen (secondary N) is 1. The van der Waals surface area contributed by atoms with Crippen molar-refractivity contribution in [2.45, 2.75) is 6.54 Å². The first-order valence-electron chi connectivity index (χ1n) is 9.03. The molecule has 0 unspecified atom stereocenters. The number of phenols is 2. The third-order valence-corrected chi connectivity index (χ3v) is 4.96. The van der Waals surface area contributed by atoms with Crippen LogP contribution in [-0.4, -0.2) is 64.9 Å². The van der Waals surface area contributed by atoms with E-state index in [2.05, 4.69) is 20.3 Å². The number of carbonyl (C=O) groups is 1. The highest BCUT2D eigenvalue weighted by Crippen LogP contribution is 2.20. The number of phenolic OH excluding ortho intramolecular Hbond substituents is 2. The minimum atomic E-state index is -0.214. The van der Waals surface area contributed by atoms with Crippen molar-refractivity contribution in [3.8, 4) is 11.5 Å². The summed E-state index contributed by atoms with van der Waals surface area (Å²) < 4.78 is 0. The molecular weight excluding hydrogens is 380 g/mol. The van der Waals surface area contributed by atoms with Gasteiger partial charge in [-0.1, -0.05) is 29.8 Å². The summed E-state index contributed by atoms with van der Waals surface area (Å²) in [4.78, 5) is 16.5. The van der Waals surface area contributed by atoms with Crippen LogP contribution in [0.4, 0.5) is 0 Å². The molecule has 0 spiro atoms. The molecule has 8 heteroatoms. The molecule has 0 atom stereocenters. The van der Waals surface area contributed by atoms with Gasteiger partial charge in [-0.3, -0.25) is 14.6 Å². The van der Waals surface area contributed by atoms with Crippen molar-refractivity contribution in [1.29, 1.82) is 0 Å². The summed E-state index contributed by atoms with van der Waals surface area (Å²) in [5, 5.41) is 23.6. The van der Waals surface area contributed by atoms with Crippen molar-refractivity contribution in [3.05, 3.63) is 58.6 Å². The molecule has 2 aromatic rings. The Morgan fingerprint density at radius 1 is 1.11 bits per heavy atom. The summed E-state index contributed by atoms with van der Waals surface area (Å²) >= 11 is 6.22. The second-order valence-corrected chi connectivity index (χ2v) is 7.09. The maximum absolute atomic E-state index is 12.1. The number of hydrogen-bond acceptors (Lipinski definition) is 6. The Hall–Kier alpha value is -2.61. The highest BCUT2D eigenvalue weighted by Gasteiger charge is 2.19. The van der Waals surface area contributed by atoms with Crippen LogP contribution in [0.25, 0.3) is 0 Å². The number of halogens is 1. The van der Waals surface area contributed by atoms with Crippen molar-refractivity contribution in [1.82, 2.24) is 15.2 Å². The number of benzene rings is 2. The minimum Gasteiger partial charge on any atom is -0.508 e. The molecule has 3 N–H and O–H groups in total. The fourth-order valence-electron chi connectivity index (χ4n) is 3.03. The standard InChI is InChI=1S/C20H23ClN4O3/c21-18-4-2-1-3-16(18)13-24-7-9-25(10-8-24)14-20(28)23-22-12-15-5-6-17(26)11-19(15)27/h1-6,11-12,26-27H,7-10,13-14H2,(H,23,28)/b22-12-. The van der Waals surface area contributed by atoms with Gasteiger partial charge in [0.15, 0.2) is 0 Å². The molecule has 1 aliphatic heterocycles. The molecule has 0 saturated carbocycles. The van der Waals surface area contributed by atoms with E-state index in [4.69, 9.17) is 11.6 Å². The Morgan fingerprint density at radius 2 is 1.82 bits per heavy atom. The summed E-state index contributed by atoms with van der Waals surface area (Å²) in [6.07, 6.45) is 1.34. The molecule has 28 heavy (non-hydrogen) atoms. The number of aromatic hydroxyl groups is 2. The average molecular weight is 403 g/mol. The van der Waals surface area contributed by atoms with E-state index >= 15 is 0 Å². The molecule has 1 aliphatic rings. The van der Waals surface area contributed by atoms with Crippen molar-refractivity contribution in [3.63, 3.8) is 0 Å². The van der Waals surface area contributed by atoms with Crippen LogP contribution in [0.1, 0.15) is 11.1 Å². The predicted molar refractivity (Wildman–Crippen MR) is 109 cm³/mol. The second kappa shape index (κ2) is 9.54. The van der Waals surface area contributed by atoms with E-state index in [1.807, 2.05) is 24.3 Å². The lowest BCUT2D eigenvalue weighted by Gasteiger charge is -2.34. The van der Waals surface area contributed by atoms with Crippen molar-refractivity contribution in [2.24, 2.45) is 5.10 Å². The third kappa shape index (κ3) is 5.69. The van der Waals surface area contributed by atoms with E-state index in [9.17, 15) is 15.0 Å². The van der Waals surface area contributed by atoms with Crippen LogP contribution < -0.4 is 5.43 Å². The quantitative estimate of drug-likeness (QED) is 0.508. The van der Waals surface area contributed by atoms with Crippen LogP contribution in [0, 0.1) is 0 Å². The van der Waals surface area contributed by atoms with Gasteiger partial charge in [-0.2, -0.15) is 5.10 Å². The van der Waals surface area contributed by atoms with E-state index in [1.54, 1.807) is 0 Å². The Labute approximate surface area is 168 Å². The maximum Gasteiger partial charge on any atom is 0.254 e. The molecule has 1 amide bonds. The first-order chi connectivity index (χ1) is 13.5. The lowest BCUT2D eigenvalue weighted by atomic mass is 10.2. The van der Waals surface area contributed by atoms with Gasteiger partial charge in [0.25, 0.3) is 5.91 Å². The number of hydrazone groups is 1. The number of carbonyl (C=O) groups excluding carboxylic acids is 1. The Morgan fingerprint density at radius 3 is 2.54 bits per heavy atom. The van der Waals surface area contributed by atoms with Crippen molar-refractivity contribution in [2.75, 3.05) is 32.7 Å². The van der Waals surface area contributed by atoms with E-state index in [1.165, 1.54) is 24.4 Å². The van der Waals surface area contributed by atoms with E-state index in [-0.39, 0.29) is 24.0 Å². The molecule has 7 nitrogen and oxygen atoms in total. The molecule has 2 aromatic carbocycles. The van der Waals surface area contributed by atoms with Crippen LogP contribution in [0.2, 0.25) is 5.02 Å². The Kier molecular flexibility index (Phi) is 6.86.